The minimum atomic E-state index is -0.463. The SMILES string of the molecule is CCCC1C2C=CC(C2)C1(Cl)Cl. The van der Waals surface area contributed by atoms with Gasteiger partial charge in [0.25, 0.3) is 0 Å². The zero-order valence-electron chi connectivity index (χ0n) is 7.26. The van der Waals surface area contributed by atoms with Gasteiger partial charge >= 0.3 is 0 Å². The summed E-state index contributed by atoms with van der Waals surface area (Å²) in [6.45, 7) is 2.19. The van der Waals surface area contributed by atoms with Gasteiger partial charge in [-0.3, -0.25) is 0 Å². The standard InChI is InChI=1S/C10H14Cl2/c1-2-3-9-7-4-5-8(6-7)10(9,11)12/h4-5,7-9H,2-3,6H2,1H3. The lowest BCUT2D eigenvalue weighted by molar-refractivity contribution is 0.392. The van der Waals surface area contributed by atoms with E-state index in [0.29, 0.717) is 17.8 Å². The number of fused-ring (bicyclic) bond motifs is 2. The maximum Gasteiger partial charge on any atom is 0.127 e. The summed E-state index contributed by atoms with van der Waals surface area (Å²) in [5.41, 5.74) is 0. The lowest BCUT2D eigenvalue weighted by Gasteiger charge is -2.30. The van der Waals surface area contributed by atoms with E-state index in [1.165, 1.54) is 19.3 Å². The number of hydrogen-bond acceptors (Lipinski definition) is 0. The Labute approximate surface area is 83.9 Å². The van der Waals surface area contributed by atoms with Crippen LogP contribution >= 0.6 is 23.2 Å². The summed E-state index contributed by atoms with van der Waals surface area (Å²) < 4.78 is -0.463. The molecule has 0 N–H and O–H groups in total. The molecule has 2 aliphatic carbocycles. The topological polar surface area (TPSA) is 0 Å². The van der Waals surface area contributed by atoms with Crippen molar-refractivity contribution in [1.82, 2.24) is 0 Å². The van der Waals surface area contributed by atoms with Crippen molar-refractivity contribution in [1.29, 1.82) is 0 Å². The van der Waals surface area contributed by atoms with Crippen LogP contribution in [0.3, 0.4) is 0 Å². The summed E-state index contributed by atoms with van der Waals surface area (Å²) >= 11 is 12.6. The molecule has 1 saturated carbocycles. The third-order valence-corrected chi connectivity index (χ3v) is 4.34. The van der Waals surface area contributed by atoms with Gasteiger partial charge in [-0.2, -0.15) is 0 Å². The maximum absolute atomic E-state index is 6.32. The summed E-state index contributed by atoms with van der Waals surface area (Å²) in [6, 6.07) is 0. The molecule has 1 fully saturated rings. The van der Waals surface area contributed by atoms with Gasteiger partial charge in [0.1, 0.15) is 4.33 Å². The molecule has 3 unspecified atom stereocenters. The highest BCUT2D eigenvalue weighted by Crippen LogP contribution is 2.57. The zero-order valence-corrected chi connectivity index (χ0v) is 8.78. The fourth-order valence-electron chi connectivity index (χ4n) is 2.59. The van der Waals surface area contributed by atoms with Crippen LogP contribution in [-0.4, -0.2) is 4.33 Å². The van der Waals surface area contributed by atoms with E-state index in [-0.39, 0.29) is 0 Å². The fourth-order valence-corrected chi connectivity index (χ4v) is 3.45. The van der Waals surface area contributed by atoms with Crippen molar-refractivity contribution < 1.29 is 0 Å². The summed E-state index contributed by atoms with van der Waals surface area (Å²) in [5, 5.41) is 0. The van der Waals surface area contributed by atoms with Gasteiger partial charge in [-0.15, -0.1) is 23.2 Å². The smallest absolute Gasteiger partial charge is 0.101 e. The molecule has 2 rings (SSSR count). The van der Waals surface area contributed by atoms with Crippen LogP contribution in [0.1, 0.15) is 26.2 Å². The largest absolute Gasteiger partial charge is 0.127 e. The molecular weight excluding hydrogens is 191 g/mol. The molecule has 0 radical (unpaired) electrons. The minimum Gasteiger partial charge on any atom is -0.101 e. The van der Waals surface area contributed by atoms with Gasteiger partial charge in [-0.05, 0) is 24.7 Å². The third kappa shape index (κ3) is 1.12. The fraction of sp³-hybridized carbons (Fsp3) is 0.800. The molecule has 2 bridgehead atoms. The highest BCUT2D eigenvalue weighted by Gasteiger charge is 2.53. The van der Waals surface area contributed by atoms with Crippen LogP contribution in [0, 0.1) is 17.8 Å². The molecule has 2 heteroatoms. The Morgan fingerprint density at radius 2 is 2.17 bits per heavy atom. The van der Waals surface area contributed by atoms with E-state index in [2.05, 4.69) is 19.1 Å². The second-order valence-corrected chi connectivity index (χ2v) is 5.40. The third-order valence-electron chi connectivity index (χ3n) is 3.22. The number of halogens is 2. The van der Waals surface area contributed by atoms with Crippen LogP contribution in [0.25, 0.3) is 0 Å². The molecule has 0 saturated heterocycles. The first-order valence-electron chi connectivity index (χ1n) is 4.72. The van der Waals surface area contributed by atoms with Gasteiger partial charge in [-0.25, -0.2) is 0 Å². The molecule has 0 nitrogen and oxygen atoms in total. The van der Waals surface area contributed by atoms with Crippen LogP contribution in [0.2, 0.25) is 0 Å². The van der Waals surface area contributed by atoms with Gasteiger partial charge in [0.15, 0.2) is 0 Å². The Morgan fingerprint density at radius 1 is 1.42 bits per heavy atom. The molecule has 12 heavy (non-hydrogen) atoms. The van der Waals surface area contributed by atoms with Crippen molar-refractivity contribution in [2.24, 2.45) is 17.8 Å². The molecular formula is C10H14Cl2. The molecule has 0 heterocycles. The van der Waals surface area contributed by atoms with E-state index in [9.17, 15) is 0 Å². The Kier molecular flexibility index (Phi) is 2.17. The lowest BCUT2D eigenvalue weighted by atomic mass is 9.89. The molecule has 2 aliphatic rings. The Bertz CT molecular complexity index is 208. The van der Waals surface area contributed by atoms with Crippen molar-refractivity contribution in [3.8, 4) is 0 Å². The van der Waals surface area contributed by atoms with Gasteiger partial charge in [0.2, 0.25) is 0 Å². The minimum absolute atomic E-state index is 0.419. The van der Waals surface area contributed by atoms with Crippen LogP contribution in [0.15, 0.2) is 12.2 Å². The number of rotatable bonds is 2. The zero-order chi connectivity index (χ0) is 8.77. The summed E-state index contributed by atoms with van der Waals surface area (Å²) in [6.07, 6.45) is 8.02. The number of hydrogen-bond donors (Lipinski definition) is 0. The summed E-state index contributed by atoms with van der Waals surface area (Å²) in [5.74, 6) is 1.58. The highest BCUT2D eigenvalue weighted by atomic mass is 35.5. The second kappa shape index (κ2) is 2.92. The van der Waals surface area contributed by atoms with Crippen LogP contribution < -0.4 is 0 Å². The molecule has 0 aliphatic heterocycles. The summed E-state index contributed by atoms with van der Waals surface area (Å²) in [7, 11) is 0. The van der Waals surface area contributed by atoms with Gasteiger partial charge < -0.3 is 0 Å². The van der Waals surface area contributed by atoms with Crippen molar-refractivity contribution >= 4 is 23.2 Å². The first-order chi connectivity index (χ1) is 5.66. The molecule has 0 aromatic rings. The monoisotopic (exact) mass is 204 g/mol. The molecule has 0 spiro atoms. The molecule has 68 valence electrons. The van der Waals surface area contributed by atoms with E-state index in [0.717, 1.165) is 0 Å². The maximum atomic E-state index is 6.32. The normalized spacial score (nSPS) is 42.4. The first kappa shape index (κ1) is 8.90. The number of alkyl halides is 2. The summed E-state index contributed by atoms with van der Waals surface area (Å²) in [4.78, 5) is 0. The van der Waals surface area contributed by atoms with Crippen molar-refractivity contribution in [3.05, 3.63) is 12.2 Å². The molecule has 0 aromatic carbocycles. The van der Waals surface area contributed by atoms with E-state index >= 15 is 0 Å². The average Bonchev–Trinajstić information content (AvgIpc) is 2.53. The highest BCUT2D eigenvalue weighted by molar-refractivity contribution is 6.49. The predicted octanol–water partition coefficient (Wildman–Crippen LogP) is 3.78. The van der Waals surface area contributed by atoms with E-state index in [1.54, 1.807) is 0 Å². The predicted molar refractivity (Wildman–Crippen MR) is 53.6 cm³/mol. The number of allylic oxidation sites excluding steroid dienone is 2. The van der Waals surface area contributed by atoms with Crippen molar-refractivity contribution in [3.63, 3.8) is 0 Å². The van der Waals surface area contributed by atoms with Gasteiger partial charge in [0, 0.05) is 5.92 Å². The van der Waals surface area contributed by atoms with E-state index < -0.39 is 4.33 Å². The van der Waals surface area contributed by atoms with Crippen LogP contribution in [0.4, 0.5) is 0 Å². The van der Waals surface area contributed by atoms with Gasteiger partial charge in [0.05, 0.1) is 0 Å². The van der Waals surface area contributed by atoms with Crippen LogP contribution in [0.5, 0.6) is 0 Å². The first-order valence-corrected chi connectivity index (χ1v) is 5.48. The quantitative estimate of drug-likeness (QED) is 0.475. The van der Waals surface area contributed by atoms with Crippen molar-refractivity contribution in [2.75, 3.05) is 0 Å². The van der Waals surface area contributed by atoms with E-state index in [4.69, 9.17) is 23.2 Å². The second-order valence-electron chi connectivity index (χ2n) is 3.96. The average molecular weight is 205 g/mol. The van der Waals surface area contributed by atoms with Crippen molar-refractivity contribution in [2.45, 2.75) is 30.5 Å². The molecule has 3 atom stereocenters. The van der Waals surface area contributed by atoms with Crippen LogP contribution in [-0.2, 0) is 0 Å². The molecule has 0 amide bonds. The lowest BCUT2D eigenvalue weighted by Crippen LogP contribution is -2.29. The molecule has 0 aromatic heterocycles. The Morgan fingerprint density at radius 3 is 2.67 bits per heavy atom. The van der Waals surface area contributed by atoms with E-state index in [1.807, 2.05) is 0 Å². The Hall–Kier alpha value is 0.320. The Balaban J connectivity index is 2.18. The van der Waals surface area contributed by atoms with Gasteiger partial charge in [-0.1, -0.05) is 25.5 Å².